The molecule has 0 amide bonds. The number of carboxylic acid groups (broad SMARTS) is 1. The molecule has 0 spiro atoms. The van der Waals surface area contributed by atoms with Crippen molar-refractivity contribution < 1.29 is 32.6 Å². The number of aromatic amines is 1. The summed E-state index contributed by atoms with van der Waals surface area (Å²) in [6.07, 6.45) is -4.68. The van der Waals surface area contributed by atoms with Crippen molar-refractivity contribution in [2.24, 2.45) is 0 Å². The summed E-state index contributed by atoms with van der Waals surface area (Å²) in [6.45, 7) is 0. The molecule has 0 bridgehead atoms. The zero-order valence-electron chi connectivity index (χ0n) is 10.1. The smallest absolute Gasteiger partial charge is 0.419 e. The number of alkyl halides is 3. The molecule has 0 saturated heterocycles. The monoisotopic (exact) mass is 300 g/mol. The number of carbonyl (C=O) groups is 2. The van der Waals surface area contributed by atoms with Crippen molar-refractivity contribution in [1.82, 2.24) is 10.2 Å². The highest BCUT2D eigenvalue weighted by molar-refractivity contribution is 5.93. The number of esters is 1. The Kier molecular flexibility index (Phi) is 3.66. The number of carboxylic acids is 1. The van der Waals surface area contributed by atoms with E-state index in [1.165, 1.54) is 6.07 Å². The van der Waals surface area contributed by atoms with Gasteiger partial charge in [0.25, 0.3) is 0 Å². The van der Waals surface area contributed by atoms with Crippen molar-refractivity contribution in [3.05, 3.63) is 47.3 Å². The zero-order valence-corrected chi connectivity index (χ0v) is 10.1. The van der Waals surface area contributed by atoms with Crippen molar-refractivity contribution in [3.8, 4) is 5.75 Å². The predicted octanol–water partition coefficient (Wildman–Crippen LogP) is 2.35. The number of hydrogen-bond acceptors (Lipinski definition) is 4. The highest BCUT2D eigenvalue weighted by Gasteiger charge is 2.34. The minimum absolute atomic E-state index is 0.371. The highest BCUT2D eigenvalue weighted by atomic mass is 19.4. The van der Waals surface area contributed by atoms with Gasteiger partial charge < -0.3 is 9.84 Å². The van der Waals surface area contributed by atoms with E-state index in [2.05, 4.69) is 14.9 Å². The molecule has 0 fully saturated rings. The van der Waals surface area contributed by atoms with Crippen LogP contribution in [-0.4, -0.2) is 27.2 Å². The maximum Gasteiger partial charge on any atom is 0.419 e. The third-order valence-corrected chi connectivity index (χ3v) is 2.41. The first-order valence-electron chi connectivity index (χ1n) is 5.46. The molecule has 6 nitrogen and oxygen atoms in total. The molecule has 9 heteroatoms. The van der Waals surface area contributed by atoms with E-state index in [4.69, 9.17) is 5.11 Å². The van der Waals surface area contributed by atoms with Gasteiger partial charge in [-0.2, -0.15) is 18.3 Å². The Bertz CT molecular complexity index is 694. The number of hydrogen-bond donors (Lipinski definition) is 2. The molecule has 2 rings (SSSR count). The van der Waals surface area contributed by atoms with Crippen molar-refractivity contribution >= 4 is 11.9 Å². The molecule has 0 unspecified atom stereocenters. The molecular weight excluding hydrogens is 293 g/mol. The van der Waals surface area contributed by atoms with Gasteiger partial charge in [0.1, 0.15) is 11.4 Å². The van der Waals surface area contributed by atoms with Gasteiger partial charge in [0.05, 0.1) is 5.56 Å². The van der Waals surface area contributed by atoms with E-state index in [1.54, 1.807) is 0 Å². The fourth-order valence-electron chi connectivity index (χ4n) is 1.48. The number of ether oxygens (including phenoxy) is 1. The van der Waals surface area contributed by atoms with Crippen LogP contribution in [0.15, 0.2) is 30.3 Å². The summed E-state index contributed by atoms with van der Waals surface area (Å²) in [4.78, 5) is 22.3. The molecular formula is C12H7F3N2O4. The third-order valence-electron chi connectivity index (χ3n) is 2.41. The zero-order chi connectivity index (χ0) is 15.6. The van der Waals surface area contributed by atoms with Gasteiger partial charge in [0.2, 0.25) is 0 Å². The molecule has 0 atom stereocenters. The number of nitrogens with one attached hydrogen (secondary N) is 1. The molecule has 0 aliphatic rings. The topological polar surface area (TPSA) is 92.3 Å². The molecule has 0 saturated carbocycles. The summed E-state index contributed by atoms with van der Waals surface area (Å²) in [5.41, 5.74) is -1.94. The summed E-state index contributed by atoms with van der Waals surface area (Å²) >= 11 is 0. The Balaban J connectivity index is 2.25. The lowest BCUT2D eigenvalue weighted by Gasteiger charge is -2.11. The van der Waals surface area contributed by atoms with Crippen molar-refractivity contribution in [2.45, 2.75) is 6.18 Å². The minimum atomic E-state index is -4.68. The lowest BCUT2D eigenvalue weighted by Crippen LogP contribution is -2.14. The Morgan fingerprint density at radius 2 is 1.90 bits per heavy atom. The maximum absolute atomic E-state index is 12.7. The largest absolute Gasteiger partial charge is 0.476 e. The molecule has 0 aliphatic carbocycles. The van der Waals surface area contributed by atoms with Gasteiger partial charge in [-0.1, -0.05) is 12.1 Å². The quantitative estimate of drug-likeness (QED) is 0.670. The number of rotatable bonds is 3. The molecule has 0 radical (unpaired) electrons. The summed E-state index contributed by atoms with van der Waals surface area (Å²) in [5.74, 6) is -3.24. The summed E-state index contributed by atoms with van der Waals surface area (Å²) < 4.78 is 42.8. The van der Waals surface area contributed by atoms with Crippen LogP contribution in [-0.2, 0) is 6.18 Å². The molecule has 1 aromatic heterocycles. The van der Waals surface area contributed by atoms with Gasteiger partial charge in [0, 0.05) is 6.07 Å². The first kappa shape index (κ1) is 14.6. The van der Waals surface area contributed by atoms with Crippen molar-refractivity contribution in [2.75, 3.05) is 0 Å². The predicted molar refractivity (Wildman–Crippen MR) is 61.9 cm³/mol. The van der Waals surface area contributed by atoms with Gasteiger partial charge in [-0.05, 0) is 12.1 Å². The van der Waals surface area contributed by atoms with E-state index in [9.17, 15) is 22.8 Å². The number of H-pyrrole nitrogens is 1. The Morgan fingerprint density at radius 1 is 1.24 bits per heavy atom. The number of benzene rings is 1. The molecule has 2 N–H and O–H groups in total. The molecule has 2 aromatic rings. The second-order valence-corrected chi connectivity index (χ2v) is 3.86. The van der Waals surface area contributed by atoms with E-state index in [-0.39, 0.29) is 5.69 Å². The van der Waals surface area contributed by atoms with Crippen LogP contribution in [0.2, 0.25) is 0 Å². The van der Waals surface area contributed by atoms with E-state index in [1.807, 2.05) is 0 Å². The van der Waals surface area contributed by atoms with Crippen LogP contribution in [0.5, 0.6) is 5.75 Å². The van der Waals surface area contributed by atoms with Crippen LogP contribution in [0.4, 0.5) is 13.2 Å². The average Bonchev–Trinajstić information content (AvgIpc) is 2.88. The molecule has 1 aromatic carbocycles. The average molecular weight is 300 g/mol. The van der Waals surface area contributed by atoms with Gasteiger partial charge in [-0.3, -0.25) is 5.10 Å². The third kappa shape index (κ3) is 3.19. The number of para-hydroxylation sites is 1. The first-order valence-corrected chi connectivity index (χ1v) is 5.46. The van der Waals surface area contributed by atoms with Crippen LogP contribution < -0.4 is 4.74 Å². The van der Waals surface area contributed by atoms with E-state index < -0.39 is 35.1 Å². The fourth-order valence-corrected chi connectivity index (χ4v) is 1.48. The SMILES string of the molecule is O=C(O)c1cc(C(=O)Oc2ccccc2C(F)(F)F)[nH]n1. The second kappa shape index (κ2) is 5.27. The van der Waals surface area contributed by atoms with Gasteiger partial charge in [0.15, 0.2) is 5.69 Å². The van der Waals surface area contributed by atoms with Gasteiger partial charge in [-0.25, -0.2) is 9.59 Å². The lowest BCUT2D eigenvalue weighted by molar-refractivity contribution is -0.138. The normalized spacial score (nSPS) is 11.2. The maximum atomic E-state index is 12.7. The molecule has 0 aliphatic heterocycles. The summed E-state index contributed by atoms with van der Waals surface area (Å²) in [6, 6.07) is 5.03. The number of aromatic carboxylic acids is 1. The Hall–Kier alpha value is -2.84. The summed E-state index contributed by atoms with van der Waals surface area (Å²) in [5, 5.41) is 14.0. The number of halogens is 3. The first-order chi connectivity index (χ1) is 9.79. The molecule has 1 heterocycles. The lowest BCUT2D eigenvalue weighted by atomic mass is 10.2. The van der Waals surface area contributed by atoms with Crippen LogP contribution in [0.3, 0.4) is 0 Å². The minimum Gasteiger partial charge on any atom is -0.476 e. The van der Waals surface area contributed by atoms with Crippen LogP contribution >= 0.6 is 0 Å². The van der Waals surface area contributed by atoms with Crippen LogP contribution in [0.25, 0.3) is 0 Å². The molecule has 110 valence electrons. The number of carbonyl (C=O) groups excluding carboxylic acids is 1. The molecule has 21 heavy (non-hydrogen) atoms. The Morgan fingerprint density at radius 3 is 2.48 bits per heavy atom. The van der Waals surface area contributed by atoms with E-state index in [0.717, 1.165) is 24.3 Å². The van der Waals surface area contributed by atoms with Crippen LogP contribution in [0.1, 0.15) is 26.5 Å². The second-order valence-electron chi connectivity index (χ2n) is 3.86. The number of nitrogens with zero attached hydrogens (tertiary/aromatic N) is 1. The summed E-state index contributed by atoms with van der Waals surface area (Å²) in [7, 11) is 0. The Labute approximate surface area is 115 Å². The highest BCUT2D eigenvalue weighted by Crippen LogP contribution is 2.36. The standard InChI is InChI=1S/C12H7F3N2O4/c13-12(14,15)6-3-1-2-4-9(6)21-11(20)8-5-7(10(18)19)16-17-8/h1-5H,(H,16,17)(H,18,19). The van der Waals surface area contributed by atoms with Crippen LogP contribution in [0, 0.1) is 0 Å². The van der Waals surface area contributed by atoms with Gasteiger partial charge >= 0.3 is 18.1 Å². The van der Waals surface area contributed by atoms with E-state index >= 15 is 0 Å². The van der Waals surface area contributed by atoms with Crippen molar-refractivity contribution in [1.29, 1.82) is 0 Å². The van der Waals surface area contributed by atoms with Gasteiger partial charge in [-0.15, -0.1) is 0 Å². The number of aromatic nitrogens is 2. The fraction of sp³-hybridized carbons (Fsp3) is 0.0833. The van der Waals surface area contributed by atoms with Crippen molar-refractivity contribution in [3.63, 3.8) is 0 Å². The van der Waals surface area contributed by atoms with E-state index in [0.29, 0.717) is 0 Å².